The van der Waals surface area contributed by atoms with E-state index in [1.807, 2.05) is 0 Å². The minimum Gasteiger partial charge on any atom is -0.389 e. The molecule has 0 aromatic carbocycles. The van der Waals surface area contributed by atoms with Crippen LogP contribution in [0, 0.1) is 0 Å². The van der Waals surface area contributed by atoms with Gasteiger partial charge in [0.2, 0.25) is 0 Å². The highest BCUT2D eigenvalue weighted by Gasteiger charge is 2.38. The summed E-state index contributed by atoms with van der Waals surface area (Å²) < 4.78 is 12.7. The molecule has 2 nitrogen and oxygen atoms in total. The highest BCUT2D eigenvalue weighted by Crippen LogP contribution is 2.28. The van der Waals surface area contributed by atoms with Gasteiger partial charge in [-0.25, -0.2) is 0 Å². The van der Waals surface area contributed by atoms with Crippen LogP contribution in [0.1, 0.15) is 87.0 Å². The van der Waals surface area contributed by atoms with E-state index in [-0.39, 0.29) is 11.2 Å². The van der Waals surface area contributed by atoms with Crippen LogP contribution in [0.3, 0.4) is 0 Å². The molecule has 0 aromatic rings. The van der Waals surface area contributed by atoms with Crippen molar-refractivity contribution in [1.29, 1.82) is 0 Å². The summed E-state index contributed by atoms with van der Waals surface area (Å²) in [5.41, 5.74) is -0.233. The third kappa shape index (κ3) is 11.9. The molecule has 0 unspecified atom stereocenters. The predicted molar refractivity (Wildman–Crippen MR) is 91.5 cm³/mol. The molecule has 0 heterocycles. The Bertz CT molecular complexity index is 235. The van der Waals surface area contributed by atoms with Crippen LogP contribution in [-0.2, 0) is 8.85 Å². The molecule has 122 valence electrons. The number of unbranched alkanes of at least 4 members (excludes halogenated alkanes) is 5. The summed E-state index contributed by atoms with van der Waals surface area (Å²) in [5.74, 6) is 0. The Kier molecular flexibility index (Phi) is 8.61. The van der Waals surface area contributed by atoms with E-state index in [0.29, 0.717) is 0 Å². The zero-order valence-corrected chi connectivity index (χ0v) is 16.3. The first-order valence-electron chi connectivity index (χ1n) is 8.38. The summed E-state index contributed by atoms with van der Waals surface area (Å²) in [6.45, 7) is 17.3. The average molecular weight is 303 g/mol. The standard InChI is InChI=1S/C17H38O2Si/c1-9-10-11-12-13-14-15-20(8,18-16(2,3)4)19-17(5,6)7/h9-15H2,1-8H3. The summed E-state index contributed by atoms with van der Waals surface area (Å²) in [7, 11) is -2.09. The molecule has 0 bridgehead atoms. The molecule has 0 radical (unpaired) electrons. The first-order chi connectivity index (χ1) is 8.97. The topological polar surface area (TPSA) is 18.5 Å². The largest absolute Gasteiger partial charge is 0.389 e. The van der Waals surface area contributed by atoms with Gasteiger partial charge >= 0.3 is 8.56 Å². The van der Waals surface area contributed by atoms with Crippen LogP contribution in [0.15, 0.2) is 0 Å². The molecule has 0 amide bonds. The van der Waals surface area contributed by atoms with Crippen molar-refractivity contribution in [3.63, 3.8) is 0 Å². The lowest BCUT2D eigenvalue weighted by atomic mass is 10.1. The van der Waals surface area contributed by atoms with Crippen molar-refractivity contribution in [2.45, 2.75) is 111 Å². The van der Waals surface area contributed by atoms with Gasteiger partial charge in [-0.3, -0.25) is 0 Å². The van der Waals surface area contributed by atoms with E-state index in [1.165, 1.54) is 38.5 Å². The molecule has 0 aliphatic carbocycles. The van der Waals surface area contributed by atoms with Crippen LogP contribution >= 0.6 is 0 Å². The third-order valence-corrected chi connectivity index (χ3v) is 6.38. The Labute approximate surface area is 128 Å². The van der Waals surface area contributed by atoms with Gasteiger partial charge in [0.15, 0.2) is 0 Å². The molecule has 3 heteroatoms. The Morgan fingerprint density at radius 3 is 1.50 bits per heavy atom. The Balaban J connectivity index is 4.32. The van der Waals surface area contributed by atoms with E-state index < -0.39 is 8.56 Å². The molecule has 0 saturated heterocycles. The molecule has 0 aliphatic rings. The second-order valence-corrected chi connectivity index (χ2v) is 11.3. The number of hydrogen-bond acceptors (Lipinski definition) is 2. The van der Waals surface area contributed by atoms with E-state index >= 15 is 0 Å². The summed E-state index contributed by atoms with van der Waals surface area (Å²) in [6.07, 6.45) is 7.94. The molecular weight excluding hydrogens is 264 g/mol. The lowest BCUT2D eigenvalue weighted by molar-refractivity contribution is 0.0173. The van der Waals surface area contributed by atoms with E-state index in [4.69, 9.17) is 8.85 Å². The minimum absolute atomic E-state index is 0.117. The molecule has 0 spiro atoms. The molecule has 20 heavy (non-hydrogen) atoms. The minimum atomic E-state index is -2.09. The van der Waals surface area contributed by atoms with Gasteiger partial charge in [0.1, 0.15) is 0 Å². The van der Waals surface area contributed by atoms with Crippen LogP contribution in [0.5, 0.6) is 0 Å². The first kappa shape index (κ1) is 20.1. The summed E-state index contributed by atoms with van der Waals surface area (Å²) >= 11 is 0. The smallest absolute Gasteiger partial charge is 0.335 e. The second-order valence-electron chi connectivity index (χ2n) is 8.08. The third-order valence-electron chi connectivity index (χ3n) is 3.03. The van der Waals surface area contributed by atoms with Crippen molar-refractivity contribution in [1.82, 2.24) is 0 Å². The van der Waals surface area contributed by atoms with Gasteiger partial charge < -0.3 is 8.85 Å². The molecule has 0 N–H and O–H groups in total. The van der Waals surface area contributed by atoms with Gasteiger partial charge in [-0.05, 0) is 54.1 Å². The van der Waals surface area contributed by atoms with Crippen LogP contribution < -0.4 is 0 Å². The summed E-state index contributed by atoms with van der Waals surface area (Å²) in [5, 5.41) is 0. The zero-order valence-electron chi connectivity index (χ0n) is 15.3. The quantitative estimate of drug-likeness (QED) is 0.381. The van der Waals surface area contributed by atoms with Crippen molar-refractivity contribution in [3.8, 4) is 0 Å². The summed E-state index contributed by atoms with van der Waals surface area (Å²) in [4.78, 5) is 0. The Hall–Kier alpha value is 0.137. The molecule has 0 rings (SSSR count). The van der Waals surface area contributed by atoms with Gasteiger partial charge in [0.25, 0.3) is 0 Å². The van der Waals surface area contributed by atoms with Crippen LogP contribution in [0.4, 0.5) is 0 Å². The highest BCUT2D eigenvalue weighted by molar-refractivity contribution is 6.66. The van der Waals surface area contributed by atoms with E-state index in [9.17, 15) is 0 Å². The Morgan fingerprint density at radius 1 is 0.700 bits per heavy atom. The van der Waals surface area contributed by atoms with Crippen molar-refractivity contribution in [2.24, 2.45) is 0 Å². The fourth-order valence-corrected chi connectivity index (χ4v) is 6.37. The Morgan fingerprint density at radius 2 is 1.10 bits per heavy atom. The SMILES string of the molecule is CCCCCCCC[Si](C)(OC(C)(C)C)OC(C)(C)C. The predicted octanol–water partition coefficient (Wildman–Crippen LogP) is 6.05. The maximum atomic E-state index is 6.35. The van der Waals surface area contributed by atoms with Crippen molar-refractivity contribution in [2.75, 3.05) is 0 Å². The van der Waals surface area contributed by atoms with E-state index in [2.05, 4.69) is 55.0 Å². The van der Waals surface area contributed by atoms with Crippen molar-refractivity contribution in [3.05, 3.63) is 0 Å². The summed E-state index contributed by atoms with van der Waals surface area (Å²) in [6, 6.07) is 1.10. The van der Waals surface area contributed by atoms with E-state index in [0.717, 1.165) is 6.04 Å². The molecule has 0 aromatic heterocycles. The van der Waals surface area contributed by atoms with Crippen LogP contribution in [0.25, 0.3) is 0 Å². The number of hydrogen-bond donors (Lipinski definition) is 0. The van der Waals surface area contributed by atoms with E-state index in [1.54, 1.807) is 0 Å². The zero-order chi connectivity index (χ0) is 15.9. The first-order valence-corrected chi connectivity index (χ1v) is 10.9. The van der Waals surface area contributed by atoms with Gasteiger partial charge in [-0.2, -0.15) is 0 Å². The van der Waals surface area contributed by atoms with Gasteiger partial charge in [-0.15, -0.1) is 0 Å². The molecule has 0 aliphatic heterocycles. The fourth-order valence-electron chi connectivity index (χ4n) is 2.64. The lowest BCUT2D eigenvalue weighted by Crippen LogP contribution is -2.49. The second kappa shape index (κ2) is 8.55. The van der Waals surface area contributed by atoms with Crippen molar-refractivity contribution >= 4 is 8.56 Å². The number of rotatable bonds is 9. The van der Waals surface area contributed by atoms with Crippen LogP contribution in [0.2, 0.25) is 12.6 Å². The monoisotopic (exact) mass is 302 g/mol. The van der Waals surface area contributed by atoms with Crippen molar-refractivity contribution < 1.29 is 8.85 Å². The fraction of sp³-hybridized carbons (Fsp3) is 1.00. The van der Waals surface area contributed by atoms with Gasteiger partial charge in [0, 0.05) is 0 Å². The molecular formula is C17H38O2Si. The van der Waals surface area contributed by atoms with Gasteiger partial charge in [0.05, 0.1) is 11.2 Å². The highest BCUT2D eigenvalue weighted by atomic mass is 28.4. The molecule has 0 fully saturated rings. The lowest BCUT2D eigenvalue weighted by Gasteiger charge is -2.39. The maximum Gasteiger partial charge on any atom is 0.335 e. The average Bonchev–Trinajstić information content (AvgIpc) is 2.17. The normalized spacial score (nSPS) is 13.8. The molecule has 0 saturated carbocycles. The van der Waals surface area contributed by atoms with Crippen LogP contribution in [-0.4, -0.2) is 19.8 Å². The van der Waals surface area contributed by atoms with Gasteiger partial charge in [-0.1, -0.05) is 45.4 Å². The maximum absolute atomic E-state index is 6.35. The molecule has 0 atom stereocenters.